The van der Waals surface area contributed by atoms with Crippen LogP contribution >= 0.6 is 11.3 Å². The fourth-order valence-corrected chi connectivity index (χ4v) is 12.7. The molecule has 0 unspecified atom stereocenters. The monoisotopic (exact) mass is 859 g/mol. The summed E-state index contributed by atoms with van der Waals surface area (Å²) in [5, 5.41) is 2.64. The maximum Gasteiger partial charge on any atom is 0.0720 e. The van der Waals surface area contributed by atoms with Gasteiger partial charge in [0.05, 0.1) is 5.41 Å². The van der Waals surface area contributed by atoms with E-state index in [0.717, 1.165) is 17.1 Å². The topological polar surface area (TPSA) is 3.24 Å². The van der Waals surface area contributed by atoms with Gasteiger partial charge in [0, 0.05) is 42.6 Å². The zero-order chi connectivity index (χ0) is 44.0. The summed E-state index contributed by atoms with van der Waals surface area (Å²) in [6.45, 7) is 4.79. The second-order valence-electron chi connectivity index (χ2n) is 18.4. The minimum atomic E-state index is -0.487. The SMILES string of the molecule is CC1(C)c2ccccc2C2(c3ccccc3-c3ccc(N(c4ccc(-c5ccc(-c6ccccc6)cc5)cc4)c4ccc(-c5cccc6c5sc5ccccc56)cc4)cc32)c2ccccc21. The summed E-state index contributed by atoms with van der Waals surface area (Å²) in [5.74, 6) is 0. The Morgan fingerprint density at radius 2 is 0.773 bits per heavy atom. The summed E-state index contributed by atoms with van der Waals surface area (Å²) < 4.78 is 2.65. The maximum atomic E-state index is 2.50. The molecule has 0 bridgehead atoms. The number of thiophene rings is 1. The van der Waals surface area contributed by atoms with Crippen LogP contribution in [0.2, 0.25) is 0 Å². The summed E-state index contributed by atoms with van der Waals surface area (Å²) in [6, 6.07) is 88.2. The molecule has 0 N–H and O–H groups in total. The predicted molar refractivity (Wildman–Crippen MR) is 280 cm³/mol. The van der Waals surface area contributed by atoms with Crippen molar-refractivity contribution >= 4 is 48.6 Å². The Morgan fingerprint density at radius 1 is 0.318 bits per heavy atom. The van der Waals surface area contributed by atoms with E-state index in [-0.39, 0.29) is 5.41 Å². The summed E-state index contributed by atoms with van der Waals surface area (Å²) in [5.41, 5.74) is 20.8. The number of hydrogen-bond acceptors (Lipinski definition) is 2. The van der Waals surface area contributed by atoms with Crippen molar-refractivity contribution in [2.45, 2.75) is 24.7 Å². The number of hydrogen-bond donors (Lipinski definition) is 0. The first-order valence-corrected chi connectivity index (χ1v) is 23.8. The minimum Gasteiger partial charge on any atom is -0.310 e. The van der Waals surface area contributed by atoms with Gasteiger partial charge in [-0.3, -0.25) is 0 Å². The lowest BCUT2D eigenvalue weighted by Crippen LogP contribution is -2.40. The molecule has 0 aliphatic heterocycles. The van der Waals surface area contributed by atoms with Gasteiger partial charge in [-0.25, -0.2) is 0 Å². The third-order valence-electron chi connectivity index (χ3n) is 14.6. The molecule has 0 saturated heterocycles. The van der Waals surface area contributed by atoms with E-state index < -0.39 is 5.41 Å². The van der Waals surface area contributed by atoms with Crippen LogP contribution in [0.5, 0.6) is 0 Å². The molecule has 10 aromatic carbocycles. The van der Waals surface area contributed by atoms with Gasteiger partial charge in [0.2, 0.25) is 0 Å². The van der Waals surface area contributed by atoms with E-state index in [1.54, 1.807) is 0 Å². The van der Waals surface area contributed by atoms with E-state index in [2.05, 4.69) is 255 Å². The summed E-state index contributed by atoms with van der Waals surface area (Å²) >= 11 is 1.88. The number of fused-ring (bicyclic) bond motifs is 12. The molecule has 1 heterocycles. The number of nitrogens with zero attached hydrogens (tertiary/aromatic N) is 1. The lowest BCUT2D eigenvalue weighted by atomic mass is 9.55. The van der Waals surface area contributed by atoms with Gasteiger partial charge < -0.3 is 4.90 Å². The van der Waals surface area contributed by atoms with Crippen molar-refractivity contribution in [1.82, 2.24) is 0 Å². The normalized spacial score (nSPS) is 13.8. The quantitative estimate of drug-likeness (QED) is 0.161. The average molecular weight is 860 g/mol. The van der Waals surface area contributed by atoms with Gasteiger partial charge in [0.25, 0.3) is 0 Å². The standard InChI is InChI=1S/C64H45NS/c1-63(2)56-22-9-11-24-58(56)64(59-25-12-10-23-57(59)63)55-21-8-6-17-51(55)52-40-39-49(41-60(52)64)65(47-35-31-45(32-36-47)44-29-27-43(28-30-44)42-15-4-3-5-16-42)48-37-33-46(34-38-48)50-19-14-20-54-53-18-7-13-26-61(53)66-62(50)54/h3-41H,1-2H3. The van der Waals surface area contributed by atoms with Gasteiger partial charge >= 0.3 is 0 Å². The largest absolute Gasteiger partial charge is 0.310 e. The van der Waals surface area contributed by atoms with Crippen molar-refractivity contribution in [3.8, 4) is 44.5 Å². The minimum absolute atomic E-state index is 0.161. The average Bonchev–Trinajstić information content (AvgIpc) is 3.91. The second-order valence-corrected chi connectivity index (χ2v) is 19.4. The molecule has 1 spiro atoms. The fourth-order valence-electron chi connectivity index (χ4n) is 11.5. The highest BCUT2D eigenvalue weighted by molar-refractivity contribution is 7.26. The highest BCUT2D eigenvalue weighted by Crippen LogP contribution is 2.62. The molecular weight excluding hydrogens is 815 g/mol. The van der Waals surface area contributed by atoms with E-state index in [1.165, 1.54) is 98.1 Å². The van der Waals surface area contributed by atoms with Crippen LogP contribution in [0.15, 0.2) is 237 Å². The Hall–Kier alpha value is -7.78. The van der Waals surface area contributed by atoms with Crippen LogP contribution in [-0.2, 0) is 10.8 Å². The molecule has 11 aromatic rings. The number of anilines is 3. The van der Waals surface area contributed by atoms with Gasteiger partial charge in [-0.2, -0.15) is 0 Å². The van der Waals surface area contributed by atoms with Gasteiger partial charge in [0.1, 0.15) is 0 Å². The Kier molecular flexibility index (Phi) is 8.72. The molecule has 312 valence electrons. The first kappa shape index (κ1) is 38.7. The Balaban J connectivity index is 0.982. The van der Waals surface area contributed by atoms with Crippen LogP contribution in [0.4, 0.5) is 17.1 Å². The van der Waals surface area contributed by atoms with E-state index >= 15 is 0 Å². The van der Waals surface area contributed by atoms with Crippen molar-refractivity contribution in [3.05, 3.63) is 270 Å². The van der Waals surface area contributed by atoms with Crippen molar-refractivity contribution in [1.29, 1.82) is 0 Å². The molecule has 0 atom stereocenters. The van der Waals surface area contributed by atoms with Gasteiger partial charge in [0.15, 0.2) is 0 Å². The molecule has 2 aliphatic rings. The zero-order valence-corrected chi connectivity index (χ0v) is 37.7. The third-order valence-corrected chi connectivity index (χ3v) is 15.8. The summed E-state index contributed by atoms with van der Waals surface area (Å²) in [4.78, 5) is 2.45. The predicted octanol–water partition coefficient (Wildman–Crippen LogP) is 17.5. The van der Waals surface area contributed by atoms with Crippen molar-refractivity contribution in [3.63, 3.8) is 0 Å². The van der Waals surface area contributed by atoms with Crippen LogP contribution in [0.25, 0.3) is 64.7 Å². The van der Waals surface area contributed by atoms with Crippen molar-refractivity contribution in [2.24, 2.45) is 0 Å². The first-order valence-electron chi connectivity index (χ1n) is 23.0. The Bertz CT molecular complexity index is 3600. The lowest BCUT2D eigenvalue weighted by Gasteiger charge is -2.46. The molecule has 13 rings (SSSR count). The molecule has 2 heteroatoms. The molecule has 0 fully saturated rings. The van der Waals surface area contributed by atoms with Crippen LogP contribution in [-0.4, -0.2) is 0 Å². The van der Waals surface area contributed by atoms with Crippen molar-refractivity contribution in [2.75, 3.05) is 4.90 Å². The molecule has 2 aliphatic carbocycles. The Labute approximate surface area is 390 Å². The van der Waals surface area contributed by atoms with Crippen LogP contribution in [0.3, 0.4) is 0 Å². The maximum absolute atomic E-state index is 2.50. The molecular formula is C64H45NS. The van der Waals surface area contributed by atoms with E-state index in [9.17, 15) is 0 Å². The molecule has 66 heavy (non-hydrogen) atoms. The van der Waals surface area contributed by atoms with Gasteiger partial charge in [-0.15, -0.1) is 11.3 Å². The van der Waals surface area contributed by atoms with Crippen LogP contribution in [0, 0.1) is 0 Å². The highest BCUT2D eigenvalue weighted by atomic mass is 32.1. The third kappa shape index (κ3) is 5.71. The fraction of sp³-hybridized carbons (Fsp3) is 0.0625. The molecule has 1 nitrogen and oxygen atoms in total. The number of rotatable bonds is 6. The smallest absolute Gasteiger partial charge is 0.0720 e. The highest BCUT2D eigenvalue weighted by Gasteiger charge is 2.53. The van der Waals surface area contributed by atoms with Gasteiger partial charge in [-0.05, 0) is 120 Å². The van der Waals surface area contributed by atoms with Crippen LogP contribution in [0.1, 0.15) is 47.2 Å². The molecule has 1 aromatic heterocycles. The van der Waals surface area contributed by atoms with E-state index in [4.69, 9.17) is 0 Å². The summed E-state index contributed by atoms with van der Waals surface area (Å²) in [7, 11) is 0. The summed E-state index contributed by atoms with van der Waals surface area (Å²) in [6.07, 6.45) is 0. The Morgan fingerprint density at radius 3 is 1.42 bits per heavy atom. The van der Waals surface area contributed by atoms with E-state index in [0.29, 0.717) is 0 Å². The second kappa shape index (κ2) is 14.9. The zero-order valence-electron chi connectivity index (χ0n) is 36.9. The molecule has 0 radical (unpaired) electrons. The lowest BCUT2D eigenvalue weighted by molar-refractivity contribution is 0.563. The van der Waals surface area contributed by atoms with Crippen molar-refractivity contribution < 1.29 is 0 Å². The number of benzene rings is 10. The molecule has 0 amide bonds. The van der Waals surface area contributed by atoms with E-state index in [1.807, 2.05) is 11.3 Å². The molecule has 0 saturated carbocycles. The first-order chi connectivity index (χ1) is 32.5. The van der Waals surface area contributed by atoms with Crippen LogP contribution < -0.4 is 4.90 Å². The van der Waals surface area contributed by atoms with Gasteiger partial charge in [-0.1, -0.05) is 208 Å².